The Labute approximate surface area is 81.1 Å². The van der Waals surface area contributed by atoms with Gasteiger partial charge in [0, 0.05) is 38.3 Å². The van der Waals surface area contributed by atoms with E-state index in [9.17, 15) is 8.78 Å². The fraction of sp³-hybridized carbons (Fsp3) is 0.667. The van der Waals surface area contributed by atoms with E-state index >= 15 is 0 Å². The molecule has 1 aliphatic heterocycles. The molecule has 0 spiro atoms. The second-order valence-corrected chi connectivity index (χ2v) is 3.67. The van der Waals surface area contributed by atoms with Crippen molar-refractivity contribution in [1.29, 1.82) is 0 Å². The Hall–Kier alpha value is -0.970. The summed E-state index contributed by atoms with van der Waals surface area (Å²) in [5.41, 5.74) is 0. The van der Waals surface area contributed by atoms with Crippen molar-refractivity contribution in [2.75, 3.05) is 13.1 Å². The third-order valence-corrected chi connectivity index (χ3v) is 2.52. The average molecular weight is 201 g/mol. The molecule has 0 atom stereocenters. The van der Waals surface area contributed by atoms with Gasteiger partial charge in [-0.2, -0.15) is 0 Å². The highest BCUT2D eigenvalue weighted by molar-refractivity contribution is 4.88. The summed E-state index contributed by atoms with van der Waals surface area (Å²) < 4.78 is 25.6. The Morgan fingerprint density at radius 1 is 1.43 bits per heavy atom. The molecule has 0 amide bonds. The smallest absolute Gasteiger partial charge is 0.250 e. The van der Waals surface area contributed by atoms with Crippen LogP contribution in [0, 0.1) is 0 Å². The van der Waals surface area contributed by atoms with Crippen LogP contribution in [0.5, 0.6) is 0 Å². The minimum atomic E-state index is -2.46. The zero-order chi connectivity index (χ0) is 10.0. The summed E-state index contributed by atoms with van der Waals surface area (Å²) in [5.74, 6) is -1.62. The fourth-order valence-electron chi connectivity index (χ4n) is 1.63. The zero-order valence-corrected chi connectivity index (χ0v) is 7.84. The molecule has 1 aromatic rings. The van der Waals surface area contributed by atoms with Crippen molar-refractivity contribution < 1.29 is 8.78 Å². The molecule has 0 saturated carbocycles. The maximum Gasteiger partial charge on any atom is 0.250 e. The average Bonchev–Trinajstić information content (AvgIpc) is 2.61. The van der Waals surface area contributed by atoms with Crippen LogP contribution in [-0.2, 0) is 6.54 Å². The molecular weight excluding hydrogens is 188 g/mol. The van der Waals surface area contributed by atoms with Crippen LogP contribution in [0.3, 0.4) is 0 Å². The number of aromatic nitrogens is 2. The normalized spacial score (nSPS) is 22.4. The fourth-order valence-corrected chi connectivity index (χ4v) is 1.63. The molecule has 0 aromatic carbocycles. The van der Waals surface area contributed by atoms with Gasteiger partial charge in [0.15, 0.2) is 0 Å². The minimum absolute atomic E-state index is 0.0340. The van der Waals surface area contributed by atoms with E-state index in [4.69, 9.17) is 0 Å². The van der Waals surface area contributed by atoms with Gasteiger partial charge in [-0.3, -0.25) is 4.90 Å². The van der Waals surface area contributed by atoms with Crippen molar-refractivity contribution >= 4 is 0 Å². The molecule has 2 rings (SSSR count). The van der Waals surface area contributed by atoms with Gasteiger partial charge < -0.3 is 4.98 Å². The topological polar surface area (TPSA) is 31.9 Å². The minimum Gasteiger partial charge on any atom is -0.348 e. The van der Waals surface area contributed by atoms with E-state index in [1.165, 1.54) is 0 Å². The molecule has 1 N–H and O–H groups in total. The van der Waals surface area contributed by atoms with Gasteiger partial charge in [0.1, 0.15) is 5.82 Å². The van der Waals surface area contributed by atoms with Gasteiger partial charge in [-0.05, 0) is 0 Å². The monoisotopic (exact) mass is 201 g/mol. The van der Waals surface area contributed by atoms with Gasteiger partial charge >= 0.3 is 0 Å². The van der Waals surface area contributed by atoms with Crippen molar-refractivity contribution in [3.8, 4) is 0 Å². The molecule has 14 heavy (non-hydrogen) atoms. The molecule has 0 unspecified atom stereocenters. The van der Waals surface area contributed by atoms with Crippen LogP contribution in [0.15, 0.2) is 12.4 Å². The summed E-state index contributed by atoms with van der Waals surface area (Å²) in [6.45, 7) is 1.55. The standard InChI is InChI=1S/C9H13F2N3/c10-9(11)1-5-14(6-2-9)7-8-12-3-4-13-8/h3-4H,1-2,5-7H2,(H,12,13). The maximum absolute atomic E-state index is 12.8. The number of nitrogens with one attached hydrogen (secondary N) is 1. The quantitative estimate of drug-likeness (QED) is 0.788. The lowest BCUT2D eigenvalue weighted by molar-refractivity contribution is -0.0570. The Bertz CT molecular complexity index is 274. The molecule has 3 nitrogen and oxygen atoms in total. The van der Waals surface area contributed by atoms with Crippen molar-refractivity contribution in [3.05, 3.63) is 18.2 Å². The lowest BCUT2D eigenvalue weighted by atomic mass is 10.1. The Balaban J connectivity index is 1.85. The van der Waals surface area contributed by atoms with E-state index in [1.807, 2.05) is 4.90 Å². The molecule has 1 aromatic heterocycles. The van der Waals surface area contributed by atoms with E-state index < -0.39 is 5.92 Å². The van der Waals surface area contributed by atoms with Crippen LogP contribution in [0.2, 0.25) is 0 Å². The van der Waals surface area contributed by atoms with Gasteiger partial charge in [0.2, 0.25) is 0 Å². The van der Waals surface area contributed by atoms with Gasteiger partial charge in [-0.15, -0.1) is 0 Å². The second kappa shape index (κ2) is 3.65. The van der Waals surface area contributed by atoms with Gasteiger partial charge in [0.05, 0.1) is 6.54 Å². The van der Waals surface area contributed by atoms with Crippen LogP contribution in [0.4, 0.5) is 8.78 Å². The van der Waals surface area contributed by atoms with Crippen molar-refractivity contribution in [1.82, 2.24) is 14.9 Å². The molecule has 5 heteroatoms. The zero-order valence-electron chi connectivity index (χ0n) is 7.84. The van der Waals surface area contributed by atoms with Crippen molar-refractivity contribution in [3.63, 3.8) is 0 Å². The number of H-pyrrole nitrogens is 1. The third-order valence-electron chi connectivity index (χ3n) is 2.52. The SMILES string of the molecule is FC1(F)CCN(Cc2ncc[nH]2)CC1. The van der Waals surface area contributed by atoms with E-state index in [0.717, 1.165) is 5.82 Å². The molecular formula is C9H13F2N3. The molecule has 1 fully saturated rings. The molecule has 78 valence electrons. The first kappa shape index (κ1) is 9.58. The lowest BCUT2D eigenvalue weighted by Gasteiger charge is -2.30. The summed E-state index contributed by atoms with van der Waals surface area (Å²) in [5, 5.41) is 0. The highest BCUT2D eigenvalue weighted by Gasteiger charge is 2.33. The summed E-state index contributed by atoms with van der Waals surface area (Å²) in [6, 6.07) is 0. The summed E-state index contributed by atoms with van der Waals surface area (Å²) in [7, 11) is 0. The summed E-state index contributed by atoms with van der Waals surface area (Å²) >= 11 is 0. The number of hydrogen-bond donors (Lipinski definition) is 1. The number of hydrogen-bond acceptors (Lipinski definition) is 2. The Kier molecular flexibility index (Phi) is 2.50. The first-order valence-electron chi connectivity index (χ1n) is 4.74. The number of halogens is 2. The largest absolute Gasteiger partial charge is 0.348 e. The van der Waals surface area contributed by atoms with Crippen LogP contribution < -0.4 is 0 Å². The molecule has 1 saturated heterocycles. The Morgan fingerprint density at radius 3 is 2.71 bits per heavy atom. The van der Waals surface area contributed by atoms with Crippen molar-refractivity contribution in [2.24, 2.45) is 0 Å². The molecule has 1 aliphatic rings. The number of nitrogens with zero attached hydrogens (tertiary/aromatic N) is 2. The summed E-state index contributed by atoms with van der Waals surface area (Å²) in [6.07, 6.45) is 3.35. The highest BCUT2D eigenvalue weighted by atomic mass is 19.3. The summed E-state index contributed by atoms with van der Waals surface area (Å²) in [4.78, 5) is 9.02. The number of aromatic amines is 1. The number of rotatable bonds is 2. The van der Waals surface area contributed by atoms with E-state index in [1.54, 1.807) is 12.4 Å². The van der Waals surface area contributed by atoms with Gasteiger partial charge in [0.25, 0.3) is 5.92 Å². The van der Waals surface area contributed by atoms with E-state index in [0.29, 0.717) is 19.6 Å². The van der Waals surface area contributed by atoms with Crippen LogP contribution in [-0.4, -0.2) is 33.9 Å². The van der Waals surface area contributed by atoms with Crippen LogP contribution in [0.25, 0.3) is 0 Å². The number of alkyl halides is 2. The third kappa shape index (κ3) is 2.29. The van der Waals surface area contributed by atoms with E-state index in [-0.39, 0.29) is 12.8 Å². The van der Waals surface area contributed by atoms with Gasteiger partial charge in [-0.25, -0.2) is 13.8 Å². The predicted octanol–water partition coefficient (Wildman–Crippen LogP) is 1.64. The first-order valence-corrected chi connectivity index (χ1v) is 4.74. The van der Waals surface area contributed by atoms with Crippen LogP contribution >= 0.6 is 0 Å². The van der Waals surface area contributed by atoms with Crippen molar-refractivity contribution in [2.45, 2.75) is 25.3 Å². The van der Waals surface area contributed by atoms with Gasteiger partial charge in [-0.1, -0.05) is 0 Å². The maximum atomic E-state index is 12.8. The number of piperidine rings is 1. The number of likely N-dealkylation sites (tertiary alicyclic amines) is 1. The second-order valence-electron chi connectivity index (χ2n) is 3.67. The molecule has 0 radical (unpaired) electrons. The lowest BCUT2D eigenvalue weighted by Crippen LogP contribution is -2.39. The van der Waals surface area contributed by atoms with Crippen LogP contribution in [0.1, 0.15) is 18.7 Å². The predicted molar refractivity (Wildman–Crippen MR) is 48.0 cm³/mol. The molecule has 2 heterocycles. The highest BCUT2D eigenvalue weighted by Crippen LogP contribution is 2.27. The molecule has 0 aliphatic carbocycles. The first-order chi connectivity index (χ1) is 6.66. The molecule has 0 bridgehead atoms. The number of imidazole rings is 1. The Morgan fingerprint density at radius 2 is 2.14 bits per heavy atom. The van der Waals surface area contributed by atoms with E-state index in [2.05, 4.69) is 9.97 Å².